The molecule has 1 aliphatic heterocycles. The predicted molar refractivity (Wildman–Crippen MR) is 113 cm³/mol. The molecule has 0 spiro atoms. The molecule has 1 aliphatic rings. The van der Waals surface area contributed by atoms with Crippen molar-refractivity contribution in [3.8, 4) is 0 Å². The Kier molecular flexibility index (Phi) is 5.69. The van der Waals surface area contributed by atoms with Crippen molar-refractivity contribution in [3.05, 3.63) is 76.2 Å². The van der Waals surface area contributed by atoms with E-state index in [9.17, 15) is 9.59 Å². The van der Waals surface area contributed by atoms with Crippen LogP contribution in [0.3, 0.4) is 0 Å². The maximum Gasteiger partial charge on any atom is 0.272 e. The Bertz CT molecular complexity index is 1050. The van der Waals surface area contributed by atoms with Gasteiger partial charge >= 0.3 is 0 Å². The molecular formula is C22H25N5O2. The number of H-pyrrole nitrogens is 1. The predicted octanol–water partition coefficient (Wildman–Crippen LogP) is 1.47. The molecule has 1 saturated heterocycles. The summed E-state index contributed by atoms with van der Waals surface area (Å²) in [6, 6.07) is 15.7. The molecule has 1 unspecified atom stereocenters. The number of carbonyl (C=O) groups is 1. The van der Waals surface area contributed by atoms with Gasteiger partial charge in [0.15, 0.2) is 0 Å². The van der Waals surface area contributed by atoms with Crippen LogP contribution in [-0.2, 0) is 6.54 Å². The molecule has 7 heteroatoms. The summed E-state index contributed by atoms with van der Waals surface area (Å²) in [5.74, 6) is -0.170. The van der Waals surface area contributed by atoms with Gasteiger partial charge in [-0.1, -0.05) is 36.4 Å². The first-order chi connectivity index (χ1) is 14.1. The van der Waals surface area contributed by atoms with E-state index in [2.05, 4.69) is 56.6 Å². The van der Waals surface area contributed by atoms with Crippen molar-refractivity contribution < 1.29 is 4.79 Å². The maximum absolute atomic E-state index is 12.7. The number of benzene rings is 2. The Morgan fingerprint density at radius 2 is 2.03 bits per heavy atom. The highest BCUT2D eigenvalue weighted by atomic mass is 16.1. The molecule has 1 amide bonds. The first-order valence-electron chi connectivity index (χ1n) is 9.82. The van der Waals surface area contributed by atoms with Gasteiger partial charge in [-0.15, -0.1) is 0 Å². The molecule has 4 rings (SSSR count). The summed E-state index contributed by atoms with van der Waals surface area (Å²) in [6.07, 6.45) is 1.58. The molecule has 2 heterocycles. The number of rotatable bonds is 5. The van der Waals surface area contributed by atoms with E-state index in [1.165, 1.54) is 5.56 Å². The number of likely N-dealkylation sites (N-methyl/N-ethyl adjacent to an activating group) is 1. The van der Waals surface area contributed by atoms with Crippen molar-refractivity contribution in [1.29, 1.82) is 0 Å². The molecule has 0 saturated carbocycles. The fourth-order valence-corrected chi connectivity index (χ4v) is 3.81. The number of piperazine rings is 1. The van der Waals surface area contributed by atoms with Crippen LogP contribution in [0.5, 0.6) is 0 Å². The highest BCUT2D eigenvalue weighted by molar-refractivity contribution is 5.98. The van der Waals surface area contributed by atoms with E-state index in [0.717, 1.165) is 26.2 Å². The van der Waals surface area contributed by atoms with Gasteiger partial charge in [-0.2, -0.15) is 5.10 Å². The van der Waals surface area contributed by atoms with Crippen LogP contribution in [0.15, 0.2) is 59.5 Å². The molecule has 2 N–H and O–H groups in total. The average molecular weight is 391 g/mol. The maximum atomic E-state index is 12.7. The molecule has 0 aliphatic carbocycles. The number of nitrogens with one attached hydrogen (secondary N) is 2. The third-order valence-electron chi connectivity index (χ3n) is 5.46. The summed E-state index contributed by atoms with van der Waals surface area (Å²) in [5, 5.41) is 10.4. The van der Waals surface area contributed by atoms with E-state index in [0.29, 0.717) is 22.9 Å². The van der Waals surface area contributed by atoms with Crippen LogP contribution in [0.4, 0.5) is 0 Å². The number of hydrogen-bond donors (Lipinski definition) is 2. The van der Waals surface area contributed by atoms with Gasteiger partial charge in [-0.3, -0.25) is 14.5 Å². The number of hydrogen-bond acceptors (Lipinski definition) is 5. The molecule has 1 atom stereocenters. The van der Waals surface area contributed by atoms with Gasteiger partial charge in [0.05, 0.1) is 11.6 Å². The third-order valence-corrected chi connectivity index (χ3v) is 5.46. The molecule has 1 aromatic heterocycles. The number of nitrogens with zero attached hydrogens (tertiary/aromatic N) is 3. The minimum absolute atomic E-state index is 0.170. The molecule has 0 bridgehead atoms. The number of amides is 1. The normalized spacial score (nSPS) is 18.0. The van der Waals surface area contributed by atoms with Crippen molar-refractivity contribution >= 4 is 16.7 Å². The average Bonchev–Trinajstić information content (AvgIpc) is 2.74. The monoisotopic (exact) mass is 391 g/mol. The van der Waals surface area contributed by atoms with Crippen LogP contribution in [0.2, 0.25) is 0 Å². The molecule has 2 aromatic carbocycles. The first-order valence-corrected chi connectivity index (χ1v) is 9.82. The van der Waals surface area contributed by atoms with Crippen LogP contribution < -0.4 is 10.9 Å². The highest BCUT2D eigenvalue weighted by Gasteiger charge is 2.25. The smallest absolute Gasteiger partial charge is 0.272 e. The minimum Gasteiger partial charge on any atom is -0.350 e. The Morgan fingerprint density at radius 3 is 2.86 bits per heavy atom. The third kappa shape index (κ3) is 4.52. The van der Waals surface area contributed by atoms with E-state index < -0.39 is 0 Å². The SMILES string of the molecule is CN1CCN(Cc2ccccc2)C(CNC(=O)c2ccc3cn[nH]c(=O)c3c2)C1. The Morgan fingerprint density at radius 1 is 1.21 bits per heavy atom. The van der Waals surface area contributed by atoms with Crippen LogP contribution in [0.25, 0.3) is 10.8 Å². The summed E-state index contributed by atoms with van der Waals surface area (Å²) < 4.78 is 0. The van der Waals surface area contributed by atoms with E-state index in [4.69, 9.17) is 0 Å². The topological polar surface area (TPSA) is 81.3 Å². The van der Waals surface area contributed by atoms with E-state index in [1.54, 1.807) is 24.4 Å². The van der Waals surface area contributed by atoms with Crippen molar-refractivity contribution in [2.24, 2.45) is 0 Å². The second-order valence-corrected chi connectivity index (χ2v) is 7.58. The lowest BCUT2D eigenvalue weighted by Crippen LogP contribution is -2.55. The molecule has 7 nitrogen and oxygen atoms in total. The van der Waals surface area contributed by atoms with Crippen LogP contribution in [0, 0.1) is 0 Å². The summed E-state index contributed by atoms with van der Waals surface area (Å²) in [4.78, 5) is 29.4. The summed E-state index contributed by atoms with van der Waals surface area (Å²) >= 11 is 0. The summed E-state index contributed by atoms with van der Waals surface area (Å²) in [6.45, 7) is 4.30. The second kappa shape index (κ2) is 8.55. The van der Waals surface area contributed by atoms with Gasteiger partial charge < -0.3 is 10.2 Å². The van der Waals surface area contributed by atoms with Crippen LogP contribution in [0.1, 0.15) is 15.9 Å². The molecule has 150 valence electrons. The quantitative estimate of drug-likeness (QED) is 0.688. The zero-order valence-corrected chi connectivity index (χ0v) is 16.5. The Labute approximate surface area is 169 Å². The van der Waals surface area contributed by atoms with E-state index in [-0.39, 0.29) is 17.5 Å². The number of aromatic amines is 1. The fraction of sp³-hybridized carbons (Fsp3) is 0.318. The zero-order chi connectivity index (χ0) is 20.2. The van der Waals surface area contributed by atoms with Crippen molar-refractivity contribution in [3.63, 3.8) is 0 Å². The molecule has 29 heavy (non-hydrogen) atoms. The fourth-order valence-electron chi connectivity index (χ4n) is 3.81. The summed E-state index contributed by atoms with van der Waals surface area (Å²) in [7, 11) is 2.11. The number of carbonyl (C=O) groups excluding carboxylic acids is 1. The van der Waals surface area contributed by atoms with Crippen molar-refractivity contribution in [1.82, 2.24) is 25.3 Å². The van der Waals surface area contributed by atoms with Crippen LogP contribution >= 0.6 is 0 Å². The van der Waals surface area contributed by atoms with Gasteiger partial charge in [0.25, 0.3) is 11.5 Å². The molecule has 1 fully saturated rings. The van der Waals surface area contributed by atoms with Gasteiger partial charge in [0.2, 0.25) is 0 Å². The largest absolute Gasteiger partial charge is 0.350 e. The Hall–Kier alpha value is -3.03. The molecule has 0 radical (unpaired) electrons. The molecular weight excluding hydrogens is 366 g/mol. The molecule has 3 aromatic rings. The minimum atomic E-state index is -0.292. The number of fused-ring (bicyclic) bond motifs is 1. The lowest BCUT2D eigenvalue weighted by atomic mass is 10.1. The van der Waals surface area contributed by atoms with Gasteiger partial charge in [-0.05, 0) is 24.7 Å². The zero-order valence-electron chi connectivity index (χ0n) is 16.5. The van der Waals surface area contributed by atoms with Crippen LogP contribution in [-0.4, -0.2) is 65.2 Å². The number of aromatic nitrogens is 2. The van der Waals surface area contributed by atoms with Gasteiger partial charge in [0.1, 0.15) is 0 Å². The Balaban J connectivity index is 1.45. The van der Waals surface area contributed by atoms with E-state index >= 15 is 0 Å². The second-order valence-electron chi connectivity index (χ2n) is 7.58. The lowest BCUT2D eigenvalue weighted by Gasteiger charge is -2.40. The van der Waals surface area contributed by atoms with Crippen molar-refractivity contribution in [2.45, 2.75) is 12.6 Å². The summed E-state index contributed by atoms with van der Waals surface area (Å²) in [5.41, 5.74) is 1.46. The highest BCUT2D eigenvalue weighted by Crippen LogP contribution is 2.14. The van der Waals surface area contributed by atoms with Crippen molar-refractivity contribution in [2.75, 3.05) is 33.2 Å². The van der Waals surface area contributed by atoms with Gasteiger partial charge in [0, 0.05) is 49.7 Å². The van der Waals surface area contributed by atoms with E-state index in [1.807, 2.05) is 6.07 Å². The lowest BCUT2D eigenvalue weighted by molar-refractivity contribution is 0.0756. The van der Waals surface area contributed by atoms with Gasteiger partial charge in [-0.25, -0.2) is 5.10 Å². The first kappa shape index (κ1) is 19.3. The standard InChI is InChI=1S/C22H25N5O2/c1-26-9-10-27(14-16-5-3-2-4-6-16)19(15-26)13-23-21(28)17-7-8-18-12-24-25-22(29)20(18)11-17/h2-8,11-12,19H,9-10,13-15H2,1H3,(H,23,28)(H,25,29).